The second-order valence-corrected chi connectivity index (χ2v) is 6.33. The summed E-state index contributed by atoms with van der Waals surface area (Å²) < 4.78 is 17.8. The maximum absolute atomic E-state index is 6.03. The van der Waals surface area contributed by atoms with Crippen LogP contribution in [0.5, 0.6) is 5.75 Å². The largest absolute Gasteiger partial charge is 0.494 e. The molecule has 0 N–H and O–H groups in total. The molecule has 1 fully saturated rings. The number of rotatable bonds is 3. The highest BCUT2D eigenvalue weighted by atomic mass is 16.7. The van der Waals surface area contributed by atoms with Crippen molar-refractivity contribution >= 4 is 12.6 Å². The molecule has 0 atom stereocenters. The van der Waals surface area contributed by atoms with Crippen LogP contribution in [0.4, 0.5) is 0 Å². The molecule has 2 rings (SSSR count). The Balaban J connectivity index is 2.20. The van der Waals surface area contributed by atoms with E-state index >= 15 is 0 Å². The molecule has 0 saturated carbocycles. The van der Waals surface area contributed by atoms with Crippen molar-refractivity contribution in [2.45, 2.75) is 58.8 Å². The third kappa shape index (κ3) is 2.95. The Labute approximate surface area is 116 Å². The highest BCUT2D eigenvalue weighted by Gasteiger charge is 2.51. The summed E-state index contributed by atoms with van der Waals surface area (Å²) in [6.45, 7) is 12.3. The van der Waals surface area contributed by atoms with Crippen molar-refractivity contribution < 1.29 is 14.0 Å². The standard InChI is InChI=1S/C15H23BO3/c1-11(2)17-13-9-7-8-12(10-13)16-18-14(3,4)15(5,6)19-16/h7-11H,1-6H3. The quantitative estimate of drug-likeness (QED) is 0.784. The molecular formula is C15H23BO3. The van der Waals surface area contributed by atoms with Gasteiger partial charge in [0, 0.05) is 0 Å². The lowest BCUT2D eigenvalue weighted by Gasteiger charge is -2.32. The van der Waals surface area contributed by atoms with Crippen LogP contribution in [0, 0.1) is 0 Å². The van der Waals surface area contributed by atoms with Crippen molar-refractivity contribution in [2.24, 2.45) is 0 Å². The first-order chi connectivity index (χ1) is 8.71. The monoisotopic (exact) mass is 262 g/mol. The lowest BCUT2D eigenvalue weighted by molar-refractivity contribution is 0.00578. The predicted molar refractivity (Wildman–Crippen MR) is 77.9 cm³/mol. The SMILES string of the molecule is CC(C)Oc1cccc(B2OC(C)(C)C(C)(C)O2)c1. The van der Waals surface area contributed by atoms with E-state index < -0.39 is 0 Å². The Morgan fingerprint density at radius 3 is 2.16 bits per heavy atom. The van der Waals surface area contributed by atoms with Crippen LogP contribution in [0.1, 0.15) is 41.5 Å². The molecule has 0 unspecified atom stereocenters. The van der Waals surface area contributed by atoms with Crippen LogP contribution in [0.3, 0.4) is 0 Å². The van der Waals surface area contributed by atoms with Crippen LogP contribution in [0.2, 0.25) is 0 Å². The van der Waals surface area contributed by atoms with Gasteiger partial charge in [-0.1, -0.05) is 12.1 Å². The molecule has 0 aliphatic carbocycles. The molecule has 4 heteroatoms. The molecule has 1 aliphatic heterocycles. The lowest BCUT2D eigenvalue weighted by atomic mass is 9.79. The Bertz CT molecular complexity index is 438. The van der Waals surface area contributed by atoms with Crippen LogP contribution < -0.4 is 10.2 Å². The lowest BCUT2D eigenvalue weighted by Crippen LogP contribution is -2.41. The average Bonchev–Trinajstić information content (AvgIpc) is 2.47. The van der Waals surface area contributed by atoms with Crippen molar-refractivity contribution in [3.05, 3.63) is 24.3 Å². The molecule has 1 heterocycles. The number of ether oxygens (including phenoxy) is 1. The highest BCUT2D eigenvalue weighted by Crippen LogP contribution is 2.36. The summed E-state index contributed by atoms with van der Waals surface area (Å²) in [6, 6.07) is 7.92. The Kier molecular flexibility index (Phi) is 3.67. The number of hydrogen-bond donors (Lipinski definition) is 0. The van der Waals surface area contributed by atoms with E-state index in [9.17, 15) is 0 Å². The van der Waals surface area contributed by atoms with Crippen molar-refractivity contribution in [3.8, 4) is 5.75 Å². The van der Waals surface area contributed by atoms with Gasteiger partial charge in [-0.25, -0.2) is 0 Å². The van der Waals surface area contributed by atoms with E-state index in [2.05, 4.69) is 27.7 Å². The fraction of sp³-hybridized carbons (Fsp3) is 0.600. The Morgan fingerprint density at radius 1 is 1.05 bits per heavy atom. The topological polar surface area (TPSA) is 27.7 Å². The van der Waals surface area contributed by atoms with Crippen LogP contribution in [-0.4, -0.2) is 24.4 Å². The van der Waals surface area contributed by atoms with Crippen LogP contribution >= 0.6 is 0 Å². The maximum Gasteiger partial charge on any atom is 0.494 e. The summed E-state index contributed by atoms with van der Waals surface area (Å²) in [5.41, 5.74) is 0.371. The molecule has 104 valence electrons. The smallest absolute Gasteiger partial charge is 0.491 e. The first-order valence-corrected chi connectivity index (χ1v) is 6.83. The molecular weight excluding hydrogens is 239 g/mol. The summed E-state index contributed by atoms with van der Waals surface area (Å²) in [4.78, 5) is 0. The summed E-state index contributed by atoms with van der Waals surface area (Å²) in [6.07, 6.45) is 0.161. The fourth-order valence-electron chi connectivity index (χ4n) is 1.99. The number of hydrogen-bond acceptors (Lipinski definition) is 3. The second kappa shape index (κ2) is 4.84. The summed E-state index contributed by atoms with van der Waals surface area (Å²) in [5, 5.41) is 0. The molecule has 0 bridgehead atoms. The summed E-state index contributed by atoms with van der Waals surface area (Å²) in [5.74, 6) is 0.849. The third-order valence-electron chi connectivity index (χ3n) is 3.76. The number of benzene rings is 1. The van der Waals surface area contributed by atoms with Crippen LogP contribution in [-0.2, 0) is 9.31 Å². The molecule has 1 aromatic carbocycles. The molecule has 0 aromatic heterocycles. The van der Waals surface area contributed by atoms with E-state index in [1.807, 2.05) is 38.1 Å². The van der Waals surface area contributed by atoms with E-state index in [0.717, 1.165) is 11.2 Å². The first-order valence-electron chi connectivity index (χ1n) is 6.83. The predicted octanol–water partition coefficient (Wildman–Crippen LogP) is 2.77. The van der Waals surface area contributed by atoms with E-state index in [1.54, 1.807) is 0 Å². The van der Waals surface area contributed by atoms with Gasteiger partial charge in [0.25, 0.3) is 0 Å². The van der Waals surface area contributed by atoms with Crippen LogP contribution in [0.25, 0.3) is 0 Å². The molecule has 1 aromatic rings. The zero-order chi connectivity index (χ0) is 14.3. The first kappa shape index (κ1) is 14.4. The third-order valence-corrected chi connectivity index (χ3v) is 3.76. The summed E-state index contributed by atoms with van der Waals surface area (Å²) in [7, 11) is -0.333. The van der Waals surface area contributed by atoms with E-state index in [0.29, 0.717) is 0 Å². The minimum atomic E-state index is -0.333. The highest BCUT2D eigenvalue weighted by molar-refractivity contribution is 6.62. The van der Waals surface area contributed by atoms with Gasteiger partial charge in [-0.05, 0) is 59.1 Å². The van der Waals surface area contributed by atoms with Gasteiger partial charge in [0.05, 0.1) is 17.3 Å². The van der Waals surface area contributed by atoms with Gasteiger partial charge in [0.1, 0.15) is 5.75 Å². The molecule has 0 amide bonds. The van der Waals surface area contributed by atoms with Gasteiger partial charge in [0.15, 0.2) is 0 Å². The van der Waals surface area contributed by atoms with Gasteiger partial charge < -0.3 is 14.0 Å². The van der Waals surface area contributed by atoms with E-state index in [4.69, 9.17) is 14.0 Å². The zero-order valence-corrected chi connectivity index (χ0v) is 12.7. The van der Waals surface area contributed by atoms with Gasteiger partial charge in [0.2, 0.25) is 0 Å². The molecule has 19 heavy (non-hydrogen) atoms. The van der Waals surface area contributed by atoms with Crippen molar-refractivity contribution in [1.82, 2.24) is 0 Å². The molecule has 0 radical (unpaired) electrons. The molecule has 3 nitrogen and oxygen atoms in total. The van der Waals surface area contributed by atoms with Gasteiger partial charge >= 0.3 is 7.12 Å². The Hall–Kier alpha value is -0.995. The molecule has 1 saturated heterocycles. The van der Waals surface area contributed by atoms with Crippen molar-refractivity contribution in [3.63, 3.8) is 0 Å². The zero-order valence-electron chi connectivity index (χ0n) is 12.7. The fourth-order valence-corrected chi connectivity index (χ4v) is 1.99. The minimum absolute atomic E-state index is 0.161. The second-order valence-electron chi connectivity index (χ2n) is 6.33. The van der Waals surface area contributed by atoms with E-state index in [1.165, 1.54) is 0 Å². The van der Waals surface area contributed by atoms with Gasteiger partial charge in [-0.15, -0.1) is 0 Å². The van der Waals surface area contributed by atoms with Crippen molar-refractivity contribution in [1.29, 1.82) is 0 Å². The Morgan fingerprint density at radius 2 is 1.63 bits per heavy atom. The van der Waals surface area contributed by atoms with Crippen LogP contribution in [0.15, 0.2) is 24.3 Å². The van der Waals surface area contributed by atoms with E-state index in [-0.39, 0.29) is 24.4 Å². The average molecular weight is 262 g/mol. The molecule has 0 spiro atoms. The molecule has 1 aliphatic rings. The summed E-state index contributed by atoms with van der Waals surface area (Å²) >= 11 is 0. The maximum atomic E-state index is 6.03. The normalized spacial score (nSPS) is 20.9. The van der Waals surface area contributed by atoms with Crippen molar-refractivity contribution in [2.75, 3.05) is 0 Å². The minimum Gasteiger partial charge on any atom is -0.491 e. The van der Waals surface area contributed by atoms with Gasteiger partial charge in [-0.3, -0.25) is 0 Å². The van der Waals surface area contributed by atoms with Gasteiger partial charge in [-0.2, -0.15) is 0 Å².